The molecule has 31 heavy (non-hydrogen) atoms. The number of nitrogens with zero attached hydrogens (tertiary/aromatic N) is 4. The number of aliphatic hydroxyl groups is 1. The lowest BCUT2D eigenvalue weighted by atomic mass is 10.0. The van der Waals surface area contributed by atoms with Crippen LogP contribution in [0.2, 0.25) is 0 Å². The Morgan fingerprint density at radius 2 is 2.10 bits per heavy atom. The number of benzene rings is 1. The number of thiocarbonyl (C=S) groups is 1. The number of nitrogens with one attached hydrogen (secondary N) is 2. The van der Waals surface area contributed by atoms with Crippen LogP contribution in [0.1, 0.15) is 30.9 Å². The first kappa shape index (κ1) is 20.1. The van der Waals surface area contributed by atoms with E-state index in [1.54, 1.807) is 6.20 Å². The highest BCUT2D eigenvalue weighted by Crippen LogP contribution is 2.39. The molecule has 2 fully saturated rings. The van der Waals surface area contributed by atoms with Gasteiger partial charge < -0.3 is 20.2 Å². The summed E-state index contributed by atoms with van der Waals surface area (Å²) in [4.78, 5) is 8.35. The van der Waals surface area contributed by atoms with E-state index in [0.29, 0.717) is 60.3 Å². The van der Waals surface area contributed by atoms with Gasteiger partial charge in [-0.1, -0.05) is 0 Å². The van der Waals surface area contributed by atoms with Gasteiger partial charge in [0.2, 0.25) is 0 Å². The highest BCUT2D eigenvalue weighted by atomic mass is 32.1. The summed E-state index contributed by atoms with van der Waals surface area (Å²) in [6, 6.07) is 5.17. The van der Waals surface area contributed by atoms with Crippen LogP contribution in [0.4, 0.5) is 20.3 Å². The van der Waals surface area contributed by atoms with Crippen molar-refractivity contribution in [2.75, 3.05) is 29.9 Å². The summed E-state index contributed by atoms with van der Waals surface area (Å²) in [6.45, 7) is 1.89. The van der Waals surface area contributed by atoms with Gasteiger partial charge in [0.25, 0.3) is 0 Å². The minimum Gasteiger partial charge on any atom is -0.391 e. The predicted molar refractivity (Wildman–Crippen MR) is 118 cm³/mol. The molecular weight excluding hydrogens is 422 g/mol. The lowest BCUT2D eigenvalue weighted by Gasteiger charge is -2.25. The largest absolute Gasteiger partial charge is 0.391 e. The van der Waals surface area contributed by atoms with Crippen LogP contribution >= 0.6 is 12.2 Å². The molecule has 0 saturated carbocycles. The van der Waals surface area contributed by atoms with E-state index < -0.39 is 11.6 Å². The van der Waals surface area contributed by atoms with Gasteiger partial charge in [-0.3, -0.25) is 5.10 Å². The van der Waals surface area contributed by atoms with E-state index >= 15 is 0 Å². The van der Waals surface area contributed by atoms with Crippen LogP contribution in [-0.4, -0.2) is 56.0 Å². The Morgan fingerprint density at radius 1 is 1.23 bits per heavy atom. The first-order valence-electron chi connectivity index (χ1n) is 10.3. The van der Waals surface area contributed by atoms with E-state index in [1.807, 2.05) is 15.9 Å². The summed E-state index contributed by atoms with van der Waals surface area (Å²) in [6.07, 6.45) is 3.55. The van der Waals surface area contributed by atoms with Crippen LogP contribution in [-0.2, 0) is 0 Å². The minimum atomic E-state index is -0.455. The summed E-state index contributed by atoms with van der Waals surface area (Å²) in [7, 11) is 0. The van der Waals surface area contributed by atoms with Gasteiger partial charge in [0.15, 0.2) is 16.6 Å². The van der Waals surface area contributed by atoms with Gasteiger partial charge in [-0.15, -0.1) is 0 Å². The number of fused-ring (bicyclic) bond motifs is 1. The maximum Gasteiger partial charge on any atom is 0.173 e. The number of aromatic amines is 1. The monoisotopic (exact) mass is 444 g/mol. The van der Waals surface area contributed by atoms with Crippen molar-refractivity contribution in [3.63, 3.8) is 0 Å². The first-order chi connectivity index (χ1) is 15.0. The van der Waals surface area contributed by atoms with Crippen molar-refractivity contribution in [2.45, 2.75) is 31.4 Å². The fraction of sp³-hybridized carbons (Fsp3) is 0.381. The van der Waals surface area contributed by atoms with Gasteiger partial charge in [-0.2, -0.15) is 5.10 Å². The standard InChI is InChI=1S/C21H22F2N6OS/c22-12-3-4-17(23)15(8-12)18-2-1-6-29(18)20-16-9-13(10-24-19(16)26-27-20)25-21(31)28-7-5-14(30)11-28/h3-4,8-10,14,18,30H,1-2,5-7,11H2,(H,25,31)(H,24,26,27)/t14-,18+/m0/s1. The van der Waals surface area contributed by atoms with Gasteiger partial charge in [0, 0.05) is 25.2 Å². The maximum absolute atomic E-state index is 14.5. The van der Waals surface area contributed by atoms with Crippen molar-refractivity contribution in [2.24, 2.45) is 0 Å². The van der Waals surface area contributed by atoms with Crippen LogP contribution < -0.4 is 10.2 Å². The number of pyridine rings is 1. The van der Waals surface area contributed by atoms with E-state index in [2.05, 4.69) is 20.5 Å². The molecule has 0 radical (unpaired) electrons. The fourth-order valence-electron chi connectivity index (χ4n) is 4.42. The lowest BCUT2D eigenvalue weighted by molar-refractivity contribution is 0.188. The van der Waals surface area contributed by atoms with E-state index in [-0.39, 0.29) is 12.1 Å². The number of halogens is 2. The highest BCUT2D eigenvalue weighted by molar-refractivity contribution is 7.80. The van der Waals surface area contributed by atoms with E-state index in [9.17, 15) is 13.9 Å². The van der Waals surface area contributed by atoms with Crippen LogP contribution in [0.3, 0.4) is 0 Å². The number of aromatic nitrogens is 3. The molecule has 0 spiro atoms. The van der Waals surface area contributed by atoms with Crippen LogP contribution in [0, 0.1) is 11.6 Å². The molecule has 4 heterocycles. The number of hydrogen-bond donors (Lipinski definition) is 3. The first-order valence-corrected chi connectivity index (χ1v) is 10.7. The third-order valence-electron chi connectivity index (χ3n) is 5.94. The average molecular weight is 445 g/mol. The summed E-state index contributed by atoms with van der Waals surface area (Å²) in [5.41, 5.74) is 1.65. The molecule has 0 aliphatic carbocycles. The Kier molecular flexibility index (Phi) is 5.19. The van der Waals surface area contributed by atoms with Gasteiger partial charge in [-0.05, 0) is 55.7 Å². The van der Waals surface area contributed by atoms with Crippen molar-refractivity contribution in [3.05, 3.63) is 47.7 Å². The number of rotatable bonds is 3. The zero-order chi connectivity index (χ0) is 21.5. The Balaban J connectivity index is 1.44. The smallest absolute Gasteiger partial charge is 0.173 e. The van der Waals surface area contributed by atoms with Crippen molar-refractivity contribution in [1.29, 1.82) is 0 Å². The fourth-order valence-corrected chi connectivity index (χ4v) is 4.70. The van der Waals surface area contributed by atoms with Gasteiger partial charge in [-0.25, -0.2) is 13.8 Å². The average Bonchev–Trinajstić information content (AvgIpc) is 3.48. The lowest BCUT2D eigenvalue weighted by Crippen LogP contribution is -2.33. The maximum atomic E-state index is 14.5. The molecule has 3 N–H and O–H groups in total. The molecule has 0 amide bonds. The van der Waals surface area contributed by atoms with Gasteiger partial charge >= 0.3 is 0 Å². The van der Waals surface area contributed by atoms with Crippen molar-refractivity contribution >= 4 is 39.9 Å². The van der Waals surface area contributed by atoms with E-state index in [0.717, 1.165) is 17.9 Å². The molecule has 162 valence electrons. The second-order valence-corrected chi connectivity index (χ2v) is 8.39. The van der Waals surface area contributed by atoms with Crippen molar-refractivity contribution in [1.82, 2.24) is 20.1 Å². The van der Waals surface area contributed by atoms with Crippen molar-refractivity contribution in [3.8, 4) is 0 Å². The Morgan fingerprint density at radius 3 is 2.90 bits per heavy atom. The summed E-state index contributed by atoms with van der Waals surface area (Å²) in [5.74, 6) is -0.222. The third kappa shape index (κ3) is 3.81. The number of H-pyrrole nitrogens is 1. The van der Waals surface area contributed by atoms with Crippen LogP contribution in [0.25, 0.3) is 11.0 Å². The zero-order valence-electron chi connectivity index (χ0n) is 16.7. The molecule has 5 rings (SSSR count). The molecule has 1 aromatic carbocycles. The molecule has 2 aromatic heterocycles. The van der Waals surface area contributed by atoms with E-state index in [1.165, 1.54) is 12.1 Å². The molecule has 2 saturated heterocycles. The molecule has 7 nitrogen and oxygen atoms in total. The molecule has 10 heteroatoms. The SMILES string of the molecule is O[C@H]1CCN(C(=S)Nc2cnc3[nH]nc(N4CCC[C@@H]4c4cc(F)ccc4F)c3c2)C1. The number of likely N-dealkylation sites (tertiary alicyclic amines) is 1. The Bertz CT molecular complexity index is 1140. The number of hydrogen-bond acceptors (Lipinski definition) is 5. The highest BCUT2D eigenvalue weighted by Gasteiger charge is 2.31. The van der Waals surface area contributed by atoms with Crippen molar-refractivity contribution < 1.29 is 13.9 Å². The van der Waals surface area contributed by atoms with Gasteiger partial charge in [0.05, 0.1) is 29.4 Å². The molecule has 0 bridgehead atoms. The molecule has 2 aliphatic rings. The Labute approximate surface area is 183 Å². The van der Waals surface area contributed by atoms with Crippen LogP contribution in [0.15, 0.2) is 30.5 Å². The topological polar surface area (TPSA) is 80.3 Å². The molecule has 0 unspecified atom stereocenters. The second kappa shape index (κ2) is 8.01. The molecule has 2 aliphatic heterocycles. The van der Waals surface area contributed by atoms with E-state index in [4.69, 9.17) is 12.2 Å². The Hall–Kier alpha value is -2.85. The number of anilines is 2. The molecule has 2 atom stereocenters. The second-order valence-electron chi connectivity index (χ2n) is 8.00. The molecular formula is C21H22F2N6OS. The predicted octanol–water partition coefficient (Wildman–Crippen LogP) is 3.34. The zero-order valence-corrected chi connectivity index (χ0v) is 17.5. The summed E-state index contributed by atoms with van der Waals surface area (Å²) in [5, 5.41) is 21.6. The summed E-state index contributed by atoms with van der Waals surface area (Å²) >= 11 is 5.47. The van der Waals surface area contributed by atoms with Gasteiger partial charge in [0.1, 0.15) is 11.6 Å². The summed E-state index contributed by atoms with van der Waals surface area (Å²) < 4.78 is 28.2. The third-order valence-corrected chi connectivity index (χ3v) is 6.30. The number of aliphatic hydroxyl groups excluding tert-OH is 1. The minimum absolute atomic E-state index is 0.300. The number of β-amino-alcohol motifs (C(OH)–C–C–N with tert-alkyl or cyclic N) is 1. The quantitative estimate of drug-likeness (QED) is 0.535. The molecule has 3 aromatic rings. The normalized spacial score (nSPS) is 21.3. The van der Waals surface area contributed by atoms with Crippen LogP contribution in [0.5, 0.6) is 0 Å².